The van der Waals surface area contributed by atoms with E-state index >= 15 is 0 Å². The molecule has 58 valence electrons. The second kappa shape index (κ2) is 3.14. The van der Waals surface area contributed by atoms with Crippen molar-refractivity contribution in [3.05, 3.63) is 25.2 Å². The van der Waals surface area contributed by atoms with Gasteiger partial charge >= 0.3 is 0 Å². The first-order valence-corrected chi connectivity index (χ1v) is 3.38. The van der Waals surface area contributed by atoms with Gasteiger partial charge in [0.1, 0.15) is 0 Å². The third-order valence-corrected chi connectivity index (χ3v) is 1.28. The fourth-order valence-corrected chi connectivity index (χ4v) is 0.683. The van der Waals surface area contributed by atoms with E-state index in [1.807, 2.05) is 24.7 Å². The Balaban J connectivity index is 2.86. The predicted molar refractivity (Wildman–Crippen MR) is 46.2 cm³/mol. The van der Waals surface area contributed by atoms with Gasteiger partial charge in [0.15, 0.2) is 5.82 Å². The number of aryl methyl sites for hydroxylation is 1. The quantitative estimate of drug-likeness (QED) is 0.588. The Morgan fingerprint density at radius 3 is 3.00 bits per heavy atom. The molecule has 0 aromatic carbocycles. The molecule has 0 unspecified atom stereocenters. The summed E-state index contributed by atoms with van der Waals surface area (Å²) in [5.41, 5.74) is 0.878. The van der Waals surface area contributed by atoms with E-state index in [9.17, 15) is 0 Å². The lowest BCUT2D eigenvalue weighted by molar-refractivity contribution is 0.913. The zero-order chi connectivity index (χ0) is 8.27. The molecule has 0 radical (unpaired) electrons. The molecular formula is C8H11N3. The van der Waals surface area contributed by atoms with E-state index < -0.39 is 0 Å². The molecule has 0 aliphatic heterocycles. The molecule has 3 heteroatoms. The number of hydrogen-bond donors (Lipinski definition) is 0. The summed E-state index contributed by atoms with van der Waals surface area (Å²) in [4.78, 5) is 8.20. The number of rotatable bonds is 2. The van der Waals surface area contributed by atoms with Crippen molar-refractivity contribution in [2.75, 3.05) is 0 Å². The van der Waals surface area contributed by atoms with Crippen LogP contribution in [0.15, 0.2) is 30.2 Å². The molecule has 1 rings (SSSR count). The van der Waals surface area contributed by atoms with E-state index in [0.717, 1.165) is 11.5 Å². The molecule has 11 heavy (non-hydrogen) atoms. The number of aliphatic imine (C=N–C) groups is 1. The number of allylic oxidation sites excluding steroid dienone is 1. The van der Waals surface area contributed by atoms with Crippen molar-refractivity contribution in [2.45, 2.75) is 6.92 Å². The minimum Gasteiger partial charge on any atom is -0.338 e. The number of hydrogen-bond acceptors (Lipinski definition) is 2. The molecule has 0 atom stereocenters. The summed E-state index contributed by atoms with van der Waals surface area (Å²) in [6.07, 6.45) is 5.27. The van der Waals surface area contributed by atoms with Gasteiger partial charge in [-0.25, -0.2) is 9.98 Å². The van der Waals surface area contributed by atoms with Crippen LogP contribution >= 0.6 is 0 Å². The molecule has 0 bridgehead atoms. The van der Waals surface area contributed by atoms with E-state index in [1.165, 1.54) is 0 Å². The van der Waals surface area contributed by atoms with Crippen molar-refractivity contribution < 1.29 is 0 Å². The first kappa shape index (κ1) is 7.72. The normalized spacial score (nSPS) is 11.6. The molecule has 3 nitrogen and oxygen atoms in total. The molecule has 0 N–H and O–H groups in total. The van der Waals surface area contributed by atoms with Crippen molar-refractivity contribution in [1.29, 1.82) is 0 Å². The molecule has 0 aliphatic rings. The van der Waals surface area contributed by atoms with Crippen LogP contribution in [-0.4, -0.2) is 15.3 Å². The monoisotopic (exact) mass is 149 g/mol. The zero-order valence-corrected chi connectivity index (χ0v) is 6.78. The van der Waals surface area contributed by atoms with E-state index in [1.54, 1.807) is 12.4 Å². The molecule has 1 heterocycles. The topological polar surface area (TPSA) is 30.2 Å². The van der Waals surface area contributed by atoms with Crippen LogP contribution in [0, 0.1) is 0 Å². The Labute approximate surface area is 66.1 Å². The smallest absolute Gasteiger partial charge is 0.170 e. The van der Waals surface area contributed by atoms with E-state index in [0.29, 0.717) is 0 Å². The van der Waals surface area contributed by atoms with Crippen molar-refractivity contribution >= 4 is 11.5 Å². The zero-order valence-electron chi connectivity index (χ0n) is 6.78. The van der Waals surface area contributed by atoms with Crippen LogP contribution < -0.4 is 0 Å². The largest absolute Gasteiger partial charge is 0.338 e. The average Bonchev–Trinajstić information content (AvgIpc) is 2.35. The van der Waals surface area contributed by atoms with Crippen LogP contribution in [0.1, 0.15) is 6.92 Å². The van der Waals surface area contributed by atoms with Crippen molar-refractivity contribution in [3.63, 3.8) is 0 Å². The van der Waals surface area contributed by atoms with Gasteiger partial charge in [-0.3, -0.25) is 0 Å². The fraction of sp³-hybridized carbons (Fsp3) is 0.250. The molecule has 0 fully saturated rings. The molecule has 0 saturated heterocycles. The third-order valence-electron chi connectivity index (χ3n) is 1.28. The lowest BCUT2D eigenvalue weighted by atomic mass is 10.4. The Morgan fingerprint density at radius 2 is 2.55 bits per heavy atom. The summed E-state index contributed by atoms with van der Waals surface area (Å²) in [5.74, 6) is 0.727. The SMILES string of the molecule is C=CC(C)=Nc1cn(C)cn1. The van der Waals surface area contributed by atoms with Crippen LogP contribution in [0.3, 0.4) is 0 Å². The third kappa shape index (κ3) is 2.04. The summed E-state index contributed by atoms with van der Waals surface area (Å²) in [6.45, 7) is 5.49. The maximum Gasteiger partial charge on any atom is 0.170 e. The lowest BCUT2D eigenvalue weighted by Crippen LogP contribution is -1.80. The Kier molecular flexibility index (Phi) is 2.21. The first-order valence-electron chi connectivity index (χ1n) is 3.38. The van der Waals surface area contributed by atoms with Gasteiger partial charge in [-0.15, -0.1) is 0 Å². The second-order valence-electron chi connectivity index (χ2n) is 2.35. The van der Waals surface area contributed by atoms with Gasteiger partial charge in [-0.2, -0.15) is 0 Å². The van der Waals surface area contributed by atoms with Gasteiger partial charge < -0.3 is 4.57 Å². The molecule has 0 aliphatic carbocycles. The molecular weight excluding hydrogens is 138 g/mol. The van der Waals surface area contributed by atoms with Gasteiger partial charge in [0, 0.05) is 19.0 Å². The highest BCUT2D eigenvalue weighted by Gasteiger charge is 1.91. The minimum atomic E-state index is 0.727. The number of aromatic nitrogens is 2. The summed E-state index contributed by atoms with van der Waals surface area (Å²) in [5, 5.41) is 0. The second-order valence-corrected chi connectivity index (χ2v) is 2.35. The molecule has 0 spiro atoms. The summed E-state index contributed by atoms with van der Waals surface area (Å²) < 4.78 is 1.86. The minimum absolute atomic E-state index is 0.727. The maximum atomic E-state index is 4.16. The Hall–Kier alpha value is -1.38. The maximum absolute atomic E-state index is 4.16. The van der Waals surface area contributed by atoms with Crippen LogP contribution in [0.5, 0.6) is 0 Å². The van der Waals surface area contributed by atoms with Crippen molar-refractivity contribution in [2.24, 2.45) is 12.0 Å². The summed E-state index contributed by atoms with van der Waals surface area (Å²) in [7, 11) is 1.91. The number of nitrogens with zero attached hydrogens (tertiary/aromatic N) is 3. The predicted octanol–water partition coefficient (Wildman–Crippen LogP) is 1.70. The van der Waals surface area contributed by atoms with Gasteiger partial charge in [0.05, 0.1) is 6.33 Å². The Bertz CT molecular complexity index is 283. The lowest BCUT2D eigenvalue weighted by Gasteiger charge is -1.86. The van der Waals surface area contributed by atoms with Gasteiger partial charge in [-0.05, 0) is 13.0 Å². The van der Waals surface area contributed by atoms with Gasteiger partial charge in [0.25, 0.3) is 0 Å². The van der Waals surface area contributed by atoms with Crippen LogP contribution in [0.2, 0.25) is 0 Å². The molecule has 0 amide bonds. The van der Waals surface area contributed by atoms with E-state index in [4.69, 9.17) is 0 Å². The van der Waals surface area contributed by atoms with Gasteiger partial charge in [0.2, 0.25) is 0 Å². The Morgan fingerprint density at radius 1 is 1.82 bits per heavy atom. The van der Waals surface area contributed by atoms with Crippen LogP contribution in [0.25, 0.3) is 0 Å². The summed E-state index contributed by atoms with van der Waals surface area (Å²) in [6, 6.07) is 0. The van der Waals surface area contributed by atoms with E-state index in [-0.39, 0.29) is 0 Å². The molecule has 1 aromatic rings. The van der Waals surface area contributed by atoms with E-state index in [2.05, 4.69) is 16.6 Å². The highest BCUT2D eigenvalue weighted by Crippen LogP contribution is 2.05. The summed E-state index contributed by atoms with van der Waals surface area (Å²) >= 11 is 0. The highest BCUT2D eigenvalue weighted by molar-refractivity contribution is 5.93. The molecule has 1 aromatic heterocycles. The fourth-order valence-electron chi connectivity index (χ4n) is 0.683. The number of imidazole rings is 1. The highest BCUT2D eigenvalue weighted by atomic mass is 15.1. The average molecular weight is 149 g/mol. The van der Waals surface area contributed by atoms with Crippen molar-refractivity contribution in [1.82, 2.24) is 9.55 Å². The van der Waals surface area contributed by atoms with Gasteiger partial charge in [-0.1, -0.05) is 6.58 Å². The van der Waals surface area contributed by atoms with Crippen LogP contribution in [0.4, 0.5) is 5.82 Å². The van der Waals surface area contributed by atoms with Crippen LogP contribution in [-0.2, 0) is 7.05 Å². The first-order chi connectivity index (χ1) is 5.22. The molecule has 0 saturated carbocycles. The van der Waals surface area contributed by atoms with Crippen molar-refractivity contribution in [3.8, 4) is 0 Å². The standard InChI is InChI=1S/C8H11N3/c1-4-7(2)10-8-5-11(3)6-9-8/h4-6H,1H2,2-3H3.